The lowest BCUT2D eigenvalue weighted by atomic mass is 10.0. The summed E-state index contributed by atoms with van der Waals surface area (Å²) in [4.78, 5) is 19.7. The molecule has 0 bridgehead atoms. The van der Waals surface area contributed by atoms with Crippen molar-refractivity contribution < 1.29 is 9.53 Å². The third-order valence-corrected chi connectivity index (χ3v) is 5.45. The van der Waals surface area contributed by atoms with Crippen molar-refractivity contribution in [3.63, 3.8) is 0 Å². The zero-order chi connectivity index (χ0) is 15.4. The molecule has 3 rings (SSSR count). The Morgan fingerprint density at radius 1 is 1.45 bits per heavy atom. The predicted molar refractivity (Wildman–Crippen MR) is 87.1 cm³/mol. The first kappa shape index (κ1) is 15.9. The van der Waals surface area contributed by atoms with Crippen LogP contribution in [0.25, 0.3) is 0 Å². The van der Waals surface area contributed by atoms with E-state index in [1.54, 1.807) is 6.92 Å². The molecule has 1 aromatic rings. The lowest BCUT2D eigenvalue weighted by Crippen LogP contribution is -2.43. The summed E-state index contributed by atoms with van der Waals surface area (Å²) in [5.74, 6) is 0.0287. The van der Waals surface area contributed by atoms with Crippen LogP contribution >= 0.6 is 11.3 Å². The van der Waals surface area contributed by atoms with Crippen LogP contribution in [0, 0.1) is 0 Å². The van der Waals surface area contributed by atoms with E-state index in [0.717, 1.165) is 39.1 Å². The number of hydrogen-bond donors (Lipinski definition) is 1. The average Bonchev–Trinajstić information content (AvgIpc) is 2.89. The van der Waals surface area contributed by atoms with Crippen LogP contribution in [0.15, 0.2) is 0 Å². The molecule has 1 aliphatic heterocycles. The third-order valence-electron chi connectivity index (χ3n) is 4.31. The Morgan fingerprint density at radius 3 is 3.14 bits per heavy atom. The summed E-state index contributed by atoms with van der Waals surface area (Å²) in [5.41, 5.74) is 1.35. The summed E-state index contributed by atoms with van der Waals surface area (Å²) >= 11 is 1.90. The van der Waals surface area contributed by atoms with Gasteiger partial charge in [0.1, 0.15) is 5.01 Å². The van der Waals surface area contributed by atoms with Gasteiger partial charge in [0.15, 0.2) is 0 Å². The molecule has 0 spiro atoms. The SMILES string of the molecule is CC(=O)NCC[C@H]1CN(Cc2nc3c(s2)CCCC3)CCO1. The Kier molecular flexibility index (Phi) is 5.44. The lowest BCUT2D eigenvalue weighted by molar-refractivity contribution is -0.119. The standard InChI is InChI=1S/C16H25N3O2S/c1-12(20)17-7-6-13-10-19(8-9-21-13)11-16-18-14-4-2-3-5-15(14)22-16/h13H,2-11H2,1H3,(H,17,20)/t13-/m0/s1. The van der Waals surface area contributed by atoms with Crippen molar-refractivity contribution in [2.24, 2.45) is 0 Å². The second-order valence-corrected chi connectivity index (χ2v) is 7.35. The van der Waals surface area contributed by atoms with E-state index in [1.165, 1.54) is 34.8 Å². The van der Waals surface area contributed by atoms with Gasteiger partial charge in [-0.3, -0.25) is 9.69 Å². The average molecular weight is 323 g/mol. The van der Waals surface area contributed by atoms with E-state index in [9.17, 15) is 4.79 Å². The van der Waals surface area contributed by atoms with Crippen molar-refractivity contribution in [2.45, 2.75) is 51.7 Å². The number of carbonyl (C=O) groups excluding carboxylic acids is 1. The van der Waals surface area contributed by atoms with Crippen LogP contribution in [0.5, 0.6) is 0 Å². The number of morpholine rings is 1. The highest BCUT2D eigenvalue weighted by Gasteiger charge is 2.22. The molecular formula is C16H25N3O2S. The Morgan fingerprint density at radius 2 is 2.32 bits per heavy atom. The molecule has 6 heteroatoms. The molecule has 1 saturated heterocycles. The highest BCUT2D eigenvalue weighted by molar-refractivity contribution is 7.11. The Bertz CT molecular complexity index is 494. The molecule has 0 aromatic carbocycles. The van der Waals surface area contributed by atoms with Gasteiger partial charge in [-0.2, -0.15) is 0 Å². The van der Waals surface area contributed by atoms with Crippen molar-refractivity contribution in [1.29, 1.82) is 0 Å². The predicted octanol–water partition coefficient (Wildman–Crippen LogP) is 1.75. The molecule has 2 heterocycles. The van der Waals surface area contributed by atoms with Crippen LogP contribution in [-0.2, 0) is 28.9 Å². The number of fused-ring (bicyclic) bond motifs is 1. The Balaban J connectivity index is 1.49. The number of ether oxygens (including phenoxy) is 1. The minimum Gasteiger partial charge on any atom is -0.375 e. The number of aromatic nitrogens is 1. The summed E-state index contributed by atoms with van der Waals surface area (Å²) in [6.45, 7) is 5.87. The maximum atomic E-state index is 10.9. The van der Waals surface area contributed by atoms with Gasteiger partial charge in [-0.15, -0.1) is 11.3 Å². The van der Waals surface area contributed by atoms with Crippen LogP contribution in [0.1, 0.15) is 41.8 Å². The van der Waals surface area contributed by atoms with E-state index in [-0.39, 0.29) is 12.0 Å². The van der Waals surface area contributed by atoms with Crippen molar-refractivity contribution >= 4 is 17.2 Å². The molecule has 1 aliphatic carbocycles. The van der Waals surface area contributed by atoms with Crippen molar-refractivity contribution in [3.8, 4) is 0 Å². The fourth-order valence-electron chi connectivity index (χ4n) is 3.17. The molecule has 0 saturated carbocycles. The summed E-state index contributed by atoms with van der Waals surface area (Å²) < 4.78 is 5.80. The van der Waals surface area contributed by atoms with Crippen LogP contribution in [0.2, 0.25) is 0 Å². The third kappa shape index (κ3) is 4.27. The van der Waals surface area contributed by atoms with Gasteiger partial charge in [0.25, 0.3) is 0 Å². The second kappa shape index (κ2) is 7.53. The first-order valence-electron chi connectivity index (χ1n) is 8.26. The van der Waals surface area contributed by atoms with Gasteiger partial charge in [-0.05, 0) is 32.1 Å². The van der Waals surface area contributed by atoms with E-state index >= 15 is 0 Å². The largest absolute Gasteiger partial charge is 0.375 e. The van der Waals surface area contributed by atoms with Gasteiger partial charge in [-0.25, -0.2) is 4.98 Å². The first-order valence-corrected chi connectivity index (χ1v) is 9.08. The molecule has 5 nitrogen and oxygen atoms in total. The van der Waals surface area contributed by atoms with Crippen molar-refractivity contribution in [1.82, 2.24) is 15.2 Å². The molecule has 1 fully saturated rings. The second-order valence-electron chi connectivity index (χ2n) is 6.18. The summed E-state index contributed by atoms with van der Waals surface area (Å²) in [6, 6.07) is 0. The minimum atomic E-state index is 0.0287. The van der Waals surface area contributed by atoms with Gasteiger partial charge < -0.3 is 10.1 Å². The smallest absolute Gasteiger partial charge is 0.216 e. The molecule has 0 unspecified atom stereocenters. The van der Waals surface area contributed by atoms with E-state index in [4.69, 9.17) is 9.72 Å². The lowest BCUT2D eigenvalue weighted by Gasteiger charge is -2.32. The summed E-state index contributed by atoms with van der Waals surface area (Å²) in [6.07, 6.45) is 6.08. The molecule has 22 heavy (non-hydrogen) atoms. The molecule has 122 valence electrons. The van der Waals surface area contributed by atoms with Crippen LogP contribution in [-0.4, -0.2) is 48.1 Å². The normalized spacial score (nSPS) is 22.3. The van der Waals surface area contributed by atoms with Crippen molar-refractivity contribution in [3.05, 3.63) is 15.6 Å². The molecule has 2 aliphatic rings. The molecule has 1 amide bonds. The van der Waals surface area contributed by atoms with Crippen LogP contribution in [0.4, 0.5) is 0 Å². The molecule has 0 radical (unpaired) electrons. The van der Waals surface area contributed by atoms with Gasteiger partial charge >= 0.3 is 0 Å². The number of carbonyl (C=O) groups is 1. The molecular weight excluding hydrogens is 298 g/mol. The van der Waals surface area contributed by atoms with Gasteiger partial charge in [0.2, 0.25) is 5.91 Å². The van der Waals surface area contributed by atoms with Crippen LogP contribution in [0.3, 0.4) is 0 Å². The highest BCUT2D eigenvalue weighted by Crippen LogP contribution is 2.27. The number of aryl methyl sites for hydroxylation is 2. The quantitative estimate of drug-likeness (QED) is 0.897. The summed E-state index contributed by atoms with van der Waals surface area (Å²) in [7, 11) is 0. The number of rotatable bonds is 5. The zero-order valence-electron chi connectivity index (χ0n) is 13.3. The van der Waals surface area contributed by atoms with E-state index in [2.05, 4.69) is 10.2 Å². The van der Waals surface area contributed by atoms with E-state index in [0.29, 0.717) is 6.54 Å². The fourth-order valence-corrected chi connectivity index (χ4v) is 4.37. The van der Waals surface area contributed by atoms with Crippen LogP contribution < -0.4 is 5.32 Å². The monoisotopic (exact) mass is 323 g/mol. The number of nitrogens with one attached hydrogen (secondary N) is 1. The molecule has 1 atom stereocenters. The number of nitrogens with zero attached hydrogens (tertiary/aromatic N) is 2. The molecule has 1 N–H and O–H groups in total. The fraction of sp³-hybridized carbons (Fsp3) is 0.750. The first-order chi connectivity index (χ1) is 10.7. The van der Waals surface area contributed by atoms with Gasteiger partial charge in [0.05, 0.1) is 24.9 Å². The Labute approximate surface area is 136 Å². The Hall–Kier alpha value is -0.980. The maximum Gasteiger partial charge on any atom is 0.216 e. The number of thiazole rings is 1. The zero-order valence-corrected chi connectivity index (χ0v) is 14.1. The van der Waals surface area contributed by atoms with Crippen molar-refractivity contribution in [2.75, 3.05) is 26.2 Å². The maximum absolute atomic E-state index is 10.9. The molecule has 1 aromatic heterocycles. The van der Waals surface area contributed by atoms with Gasteiger partial charge in [0, 0.05) is 31.4 Å². The summed E-state index contributed by atoms with van der Waals surface area (Å²) in [5, 5.41) is 4.10. The van der Waals surface area contributed by atoms with Gasteiger partial charge in [-0.1, -0.05) is 0 Å². The topological polar surface area (TPSA) is 54.5 Å². The van der Waals surface area contributed by atoms with E-state index in [1.807, 2.05) is 11.3 Å². The minimum absolute atomic E-state index is 0.0287. The highest BCUT2D eigenvalue weighted by atomic mass is 32.1. The number of hydrogen-bond acceptors (Lipinski definition) is 5. The van der Waals surface area contributed by atoms with E-state index < -0.39 is 0 Å². The number of amides is 1.